The van der Waals surface area contributed by atoms with Crippen molar-refractivity contribution in [3.05, 3.63) is 42.7 Å². The number of pyridine rings is 1. The van der Waals surface area contributed by atoms with Crippen molar-refractivity contribution in [2.45, 2.75) is 0 Å². The van der Waals surface area contributed by atoms with Gasteiger partial charge in [0.2, 0.25) is 5.65 Å². The van der Waals surface area contributed by atoms with Crippen LogP contribution in [-0.2, 0) is 0 Å². The number of hydrogen-bond donors (Lipinski definition) is 2. The molecular formula is C13H9N5. The van der Waals surface area contributed by atoms with Crippen molar-refractivity contribution >= 4 is 22.1 Å². The van der Waals surface area contributed by atoms with Crippen LogP contribution in [0.2, 0.25) is 0 Å². The first-order valence-electron chi connectivity index (χ1n) is 5.65. The van der Waals surface area contributed by atoms with Gasteiger partial charge in [0, 0.05) is 28.9 Å². The van der Waals surface area contributed by atoms with E-state index in [9.17, 15) is 0 Å². The Morgan fingerprint density at radius 3 is 3.06 bits per heavy atom. The quantitative estimate of drug-likeness (QED) is 0.532. The Bertz CT molecular complexity index is 842. The lowest BCUT2D eigenvalue weighted by Gasteiger charge is -2.02. The standard InChI is InChI=1S/C13H9N5/c1-2-9(10-4-5-14-11(10)3-1)8-6-12-13(15-7-8)17-18-16-12/h1-7,14H,(H,15,16,17,18). The Balaban J connectivity index is 2.03. The molecule has 3 heterocycles. The first kappa shape index (κ1) is 9.35. The maximum Gasteiger partial charge on any atom is 0.201 e. The molecule has 0 bridgehead atoms. The van der Waals surface area contributed by atoms with E-state index in [0.717, 1.165) is 22.2 Å². The molecule has 0 saturated carbocycles. The van der Waals surface area contributed by atoms with Crippen LogP contribution in [0.4, 0.5) is 0 Å². The van der Waals surface area contributed by atoms with E-state index >= 15 is 0 Å². The molecule has 1 aromatic carbocycles. The Morgan fingerprint density at radius 2 is 2.06 bits per heavy atom. The smallest absolute Gasteiger partial charge is 0.201 e. The van der Waals surface area contributed by atoms with Gasteiger partial charge in [-0.25, -0.2) is 4.98 Å². The highest BCUT2D eigenvalue weighted by Crippen LogP contribution is 2.28. The summed E-state index contributed by atoms with van der Waals surface area (Å²) >= 11 is 0. The second kappa shape index (κ2) is 3.40. The SMILES string of the molecule is c1cc(-c2cnc3n[nH]nc3c2)c2cc[nH]c2c1. The third kappa shape index (κ3) is 1.24. The van der Waals surface area contributed by atoms with E-state index in [1.54, 1.807) is 0 Å². The first-order chi connectivity index (χ1) is 8.92. The van der Waals surface area contributed by atoms with Crippen molar-refractivity contribution in [2.75, 3.05) is 0 Å². The Hall–Kier alpha value is -2.69. The van der Waals surface area contributed by atoms with Gasteiger partial charge in [-0.1, -0.05) is 12.1 Å². The molecule has 0 aliphatic heterocycles. The molecule has 0 saturated heterocycles. The molecular weight excluding hydrogens is 226 g/mol. The van der Waals surface area contributed by atoms with Crippen molar-refractivity contribution in [2.24, 2.45) is 0 Å². The summed E-state index contributed by atoms with van der Waals surface area (Å²) in [5, 5.41) is 11.8. The fourth-order valence-corrected chi connectivity index (χ4v) is 2.23. The van der Waals surface area contributed by atoms with Gasteiger partial charge in [0.1, 0.15) is 5.52 Å². The summed E-state index contributed by atoms with van der Waals surface area (Å²) in [7, 11) is 0. The van der Waals surface area contributed by atoms with E-state index in [4.69, 9.17) is 0 Å². The summed E-state index contributed by atoms with van der Waals surface area (Å²) in [6.45, 7) is 0. The number of benzene rings is 1. The van der Waals surface area contributed by atoms with E-state index in [1.165, 1.54) is 5.39 Å². The summed E-state index contributed by atoms with van der Waals surface area (Å²) in [5.41, 5.74) is 4.72. The van der Waals surface area contributed by atoms with Gasteiger partial charge < -0.3 is 4.98 Å². The summed E-state index contributed by atoms with van der Waals surface area (Å²) < 4.78 is 0. The highest BCUT2D eigenvalue weighted by Gasteiger charge is 2.07. The molecule has 0 amide bonds. The van der Waals surface area contributed by atoms with Crippen LogP contribution < -0.4 is 0 Å². The molecule has 5 heteroatoms. The summed E-state index contributed by atoms with van der Waals surface area (Å²) in [6, 6.07) is 10.2. The van der Waals surface area contributed by atoms with Gasteiger partial charge in [-0.3, -0.25) is 0 Å². The maximum atomic E-state index is 4.29. The van der Waals surface area contributed by atoms with Crippen molar-refractivity contribution in [1.29, 1.82) is 0 Å². The predicted octanol–water partition coefficient (Wildman–Crippen LogP) is 2.50. The Morgan fingerprint density at radius 1 is 1.06 bits per heavy atom. The van der Waals surface area contributed by atoms with Crippen LogP contribution in [-0.4, -0.2) is 25.4 Å². The lowest BCUT2D eigenvalue weighted by atomic mass is 10.0. The summed E-state index contributed by atoms with van der Waals surface area (Å²) in [5.74, 6) is 0. The number of fused-ring (bicyclic) bond motifs is 2. The highest BCUT2D eigenvalue weighted by molar-refractivity contribution is 5.96. The second-order valence-corrected chi connectivity index (χ2v) is 4.13. The van der Waals surface area contributed by atoms with Crippen LogP contribution in [0, 0.1) is 0 Å². The molecule has 0 unspecified atom stereocenters. The minimum atomic E-state index is 0.639. The van der Waals surface area contributed by atoms with Gasteiger partial charge in [-0.05, 0) is 23.8 Å². The molecule has 3 aromatic heterocycles. The Labute approximate surface area is 102 Å². The fourth-order valence-electron chi connectivity index (χ4n) is 2.23. The number of aromatic nitrogens is 5. The topological polar surface area (TPSA) is 70.2 Å². The number of rotatable bonds is 1. The largest absolute Gasteiger partial charge is 0.361 e. The fraction of sp³-hybridized carbons (Fsp3) is 0. The van der Waals surface area contributed by atoms with E-state index in [1.807, 2.05) is 24.5 Å². The van der Waals surface area contributed by atoms with Gasteiger partial charge in [-0.2, -0.15) is 10.3 Å². The van der Waals surface area contributed by atoms with Crippen molar-refractivity contribution in [1.82, 2.24) is 25.4 Å². The van der Waals surface area contributed by atoms with Gasteiger partial charge in [0.05, 0.1) is 0 Å². The molecule has 0 aliphatic rings. The van der Waals surface area contributed by atoms with Crippen molar-refractivity contribution in [3.8, 4) is 11.1 Å². The van der Waals surface area contributed by atoms with Crippen LogP contribution in [0.15, 0.2) is 42.7 Å². The molecule has 0 fully saturated rings. The van der Waals surface area contributed by atoms with Crippen LogP contribution in [0.25, 0.3) is 33.2 Å². The van der Waals surface area contributed by atoms with E-state index < -0.39 is 0 Å². The number of nitrogens with zero attached hydrogens (tertiary/aromatic N) is 3. The minimum absolute atomic E-state index is 0.639. The molecule has 2 N–H and O–H groups in total. The average Bonchev–Trinajstić information content (AvgIpc) is 3.05. The molecule has 86 valence electrons. The van der Waals surface area contributed by atoms with Gasteiger partial charge in [0.15, 0.2) is 0 Å². The lowest BCUT2D eigenvalue weighted by molar-refractivity contribution is 0.954. The minimum Gasteiger partial charge on any atom is -0.361 e. The predicted molar refractivity (Wildman–Crippen MR) is 69.0 cm³/mol. The third-order valence-corrected chi connectivity index (χ3v) is 3.08. The van der Waals surface area contributed by atoms with Crippen molar-refractivity contribution < 1.29 is 0 Å². The summed E-state index contributed by atoms with van der Waals surface area (Å²) in [6.07, 6.45) is 3.77. The van der Waals surface area contributed by atoms with E-state index in [2.05, 4.69) is 43.6 Å². The molecule has 5 nitrogen and oxygen atoms in total. The molecule has 18 heavy (non-hydrogen) atoms. The van der Waals surface area contributed by atoms with Crippen molar-refractivity contribution in [3.63, 3.8) is 0 Å². The van der Waals surface area contributed by atoms with E-state index in [-0.39, 0.29) is 0 Å². The van der Waals surface area contributed by atoms with E-state index in [0.29, 0.717) is 5.65 Å². The maximum absolute atomic E-state index is 4.29. The summed E-state index contributed by atoms with van der Waals surface area (Å²) in [4.78, 5) is 7.50. The monoisotopic (exact) mass is 235 g/mol. The number of H-pyrrole nitrogens is 2. The molecule has 0 spiro atoms. The molecule has 0 radical (unpaired) electrons. The highest BCUT2D eigenvalue weighted by atomic mass is 15.3. The first-order valence-corrected chi connectivity index (χ1v) is 5.65. The normalized spacial score (nSPS) is 11.3. The van der Waals surface area contributed by atoms with Crippen LogP contribution in [0.5, 0.6) is 0 Å². The lowest BCUT2D eigenvalue weighted by Crippen LogP contribution is -1.83. The second-order valence-electron chi connectivity index (χ2n) is 4.13. The zero-order valence-electron chi connectivity index (χ0n) is 9.38. The number of nitrogens with one attached hydrogen (secondary N) is 2. The number of aromatic amines is 2. The molecule has 4 rings (SSSR count). The van der Waals surface area contributed by atoms with Gasteiger partial charge in [0.25, 0.3) is 0 Å². The molecule has 0 atom stereocenters. The Kier molecular flexibility index (Phi) is 1.77. The van der Waals surface area contributed by atoms with Crippen LogP contribution >= 0.6 is 0 Å². The van der Waals surface area contributed by atoms with Crippen LogP contribution in [0.3, 0.4) is 0 Å². The zero-order valence-corrected chi connectivity index (χ0v) is 9.38. The van der Waals surface area contributed by atoms with Crippen LogP contribution in [0.1, 0.15) is 0 Å². The van der Waals surface area contributed by atoms with Gasteiger partial charge in [-0.15, -0.1) is 5.10 Å². The molecule has 0 aliphatic carbocycles. The van der Waals surface area contributed by atoms with Gasteiger partial charge >= 0.3 is 0 Å². The average molecular weight is 235 g/mol. The zero-order chi connectivity index (χ0) is 11.9. The number of hydrogen-bond acceptors (Lipinski definition) is 3. The molecule has 4 aromatic rings. The third-order valence-electron chi connectivity index (χ3n) is 3.08.